The molecule has 1 aromatic carbocycles. The monoisotopic (exact) mass is 507 g/mol. The van der Waals surface area contributed by atoms with Crippen molar-refractivity contribution >= 4 is 34.9 Å². The zero-order valence-corrected chi connectivity index (χ0v) is 20.8. The van der Waals surface area contributed by atoms with Crippen molar-refractivity contribution in [2.24, 2.45) is 5.92 Å². The molecule has 0 saturated heterocycles. The quantitative estimate of drug-likeness (QED) is 0.423. The number of carbonyl (C=O) groups excluding carboxylic acids is 3. The summed E-state index contributed by atoms with van der Waals surface area (Å²) in [6, 6.07) is 7.08. The average molecular weight is 508 g/mol. The Labute approximate surface area is 212 Å². The number of carbonyl (C=O) groups is 3. The Morgan fingerprint density at radius 3 is 2.43 bits per heavy atom. The molecule has 2 aromatic heterocycles. The van der Waals surface area contributed by atoms with E-state index in [-0.39, 0.29) is 46.4 Å². The zero-order valence-electron chi connectivity index (χ0n) is 20.8. The Bertz CT molecular complexity index is 1360. The van der Waals surface area contributed by atoms with Crippen LogP contribution >= 0.6 is 0 Å². The first-order chi connectivity index (χ1) is 17.7. The van der Waals surface area contributed by atoms with Crippen molar-refractivity contribution in [2.75, 3.05) is 38.9 Å². The lowest BCUT2D eigenvalue weighted by atomic mass is 10.1. The molecule has 3 aromatic rings. The second-order valence-corrected chi connectivity index (χ2v) is 8.63. The van der Waals surface area contributed by atoms with Crippen LogP contribution in [0, 0.1) is 11.7 Å². The van der Waals surface area contributed by atoms with E-state index in [2.05, 4.69) is 31.1 Å². The molecule has 11 nitrogen and oxygen atoms in total. The molecule has 0 atom stereocenters. The number of nitrogens with zero attached hydrogens (tertiary/aromatic N) is 4. The fourth-order valence-corrected chi connectivity index (χ4v) is 3.59. The van der Waals surface area contributed by atoms with E-state index in [0.29, 0.717) is 16.8 Å². The minimum Gasteiger partial charge on any atom is -0.494 e. The van der Waals surface area contributed by atoms with Crippen molar-refractivity contribution in [2.45, 2.75) is 12.8 Å². The van der Waals surface area contributed by atoms with Gasteiger partial charge in [0.15, 0.2) is 17.3 Å². The predicted octanol–water partition coefficient (Wildman–Crippen LogP) is 2.84. The van der Waals surface area contributed by atoms with Gasteiger partial charge in [0.2, 0.25) is 5.91 Å². The van der Waals surface area contributed by atoms with E-state index < -0.39 is 11.7 Å². The second-order valence-electron chi connectivity index (χ2n) is 8.63. The number of hydrogen-bond donors (Lipinski definition) is 3. The molecule has 192 valence electrons. The smallest absolute Gasteiger partial charge is 0.273 e. The van der Waals surface area contributed by atoms with Crippen LogP contribution in [-0.2, 0) is 4.79 Å². The van der Waals surface area contributed by atoms with Crippen LogP contribution in [0.5, 0.6) is 5.75 Å². The number of halogens is 1. The van der Waals surface area contributed by atoms with Crippen molar-refractivity contribution in [3.63, 3.8) is 0 Å². The Morgan fingerprint density at radius 2 is 1.84 bits per heavy atom. The van der Waals surface area contributed by atoms with Crippen LogP contribution in [0.25, 0.3) is 11.3 Å². The number of rotatable bonds is 8. The van der Waals surface area contributed by atoms with Gasteiger partial charge in [0.25, 0.3) is 11.8 Å². The molecule has 0 radical (unpaired) electrons. The molecule has 1 aliphatic rings. The van der Waals surface area contributed by atoms with Crippen LogP contribution in [0.2, 0.25) is 0 Å². The van der Waals surface area contributed by atoms with Crippen LogP contribution in [0.4, 0.5) is 21.6 Å². The Kier molecular flexibility index (Phi) is 7.27. The van der Waals surface area contributed by atoms with E-state index in [1.807, 2.05) is 0 Å². The van der Waals surface area contributed by atoms with Gasteiger partial charge in [0.05, 0.1) is 29.7 Å². The topological polar surface area (TPSA) is 138 Å². The largest absolute Gasteiger partial charge is 0.494 e. The number of methoxy groups -OCH3 is 1. The van der Waals surface area contributed by atoms with Crippen molar-refractivity contribution in [3.8, 4) is 17.0 Å². The van der Waals surface area contributed by atoms with Crippen molar-refractivity contribution in [1.29, 1.82) is 0 Å². The minimum absolute atomic E-state index is 0.0606. The van der Waals surface area contributed by atoms with Gasteiger partial charge < -0.3 is 25.6 Å². The molecule has 0 unspecified atom stereocenters. The molecular weight excluding hydrogens is 481 g/mol. The fraction of sp³-hybridized carbons (Fsp3) is 0.280. The third-order valence-electron chi connectivity index (χ3n) is 5.66. The molecule has 3 amide bonds. The highest BCUT2D eigenvalue weighted by molar-refractivity contribution is 6.00. The molecule has 1 fully saturated rings. The maximum absolute atomic E-state index is 14.8. The summed E-state index contributed by atoms with van der Waals surface area (Å²) < 4.78 is 20.4. The maximum Gasteiger partial charge on any atom is 0.273 e. The molecule has 1 saturated carbocycles. The van der Waals surface area contributed by atoms with Gasteiger partial charge in [-0.05, 0) is 31.0 Å². The summed E-state index contributed by atoms with van der Waals surface area (Å²) in [6.45, 7) is 0. The number of aromatic nitrogens is 3. The highest BCUT2D eigenvalue weighted by atomic mass is 19.1. The molecule has 37 heavy (non-hydrogen) atoms. The molecule has 0 aliphatic heterocycles. The molecule has 2 heterocycles. The number of ether oxygens (including phenoxy) is 1. The zero-order chi connectivity index (χ0) is 26.7. The second kappa shape index (κ2) is 10.6. The predicted molar refractivity (Wildman–Crippen MR) is 134 cm³/mol. The van der Waals surface area contributed by atoms with Gasteiger partial charge in [-0.15, -0.1) is 10.2 Å². The van der Waals surface area contributed by atoms with E-state index in [0.717, 1.165) is 12.8 Å². The summed E-state index contributed by atoms with van der Waals surface area (Å²) in [5.41, 5.74) is 1.36. The van der Waals surface area contributed by atoms with Crippen LogP contribution in [0.1, 0.15) is 33.7 Å². The molecular formula is C25H26FN7O4. The molecule has 3 N–H and O–H groups in total. The van der Waals surface area contributed by atoms with Crippen LogP contribution in [0.15, 0.2) is 36.5 Å². The van der Waals surface area contributed by atoms with Crippen LogP contribution < -0.4 is 20.7 Å². The number of pyridine rings is 1. The first-order valence-electron chi connectivity index (χ1n) is 11.4. The summed E-state index contributed by atoms with van der Waals surface area (Å²) >= 11 is 0. The Hall–Kier alpha value is -4.61. The lowest BCUT2D eigenvalue weighted by Crippen LogP contribution is -2.22. The SMILES string of the molecule is CNC(=O)c1nnc(NC(=O)C2CC2)cc1Nc1cc(F)cc(-c2ccc(C(=O)N(C)C)cn2)c1OC. The van der Waals surface area contributed by atoms with Gasteiger partial charge in [-0.2, -0.15) is 0 Å². The van der Waals surface area contributed by atoms with Gasteiger partial charge in [-0.1, -0.05) is 0 Å². The highest BCUT2D eigenvalue weighted by Crippen LogP contribution is 2.39. The molecule has 1 aliphatic carbocycles. The molecule has 0 bridgehead atoms. The van der Waals surface area contributed by atoms with Gasteiger partial charge in [-0.3, -0.25) is 19.4 Å². The van der Waals surface area contributed by atoms with E-state index in [4.69, 9.17) is 4.74 Å². The normalized spacial score (nSPS) is 12.5. The summed E-state index contributed by atoms with van der Waals surface area (Å²) in [4.78, 5) is 42.6. The van der Waals surface area contributed by atoms with Gasteiger partial charge in [-0.25, -0.2) is 4.39 Å². The van der Waals surface area contributed by atoms with Crippen molar-refractivity contribution in [3.05, 3.63) is 53.6 Å². The summed E-state index contributed by atoms with van der Waals surface area (Å²) in [6.07, 6.45) is 3.02. The first-order valence-corrected chi connectivity index (χ1v) is 11.4. The summed E-state index contributed by atoms with van der Waals surface area (Å²) in [5, 5.41) is 16.0. The number of nitrogens with one attached hydrogen (secondary N) is 3. The fourth-order valence-electron chi connectivity index (χ4n) is 3.59. The summed E-state index contributed by atoms with van der Waals surface area (Å²) in [5.74, 6) is -1.21. The van der Waals surface area contributed by atoms with Gasteiger partial charge in [0, 0.05) is 51.0 Å². The highest BCUT2D eigenvalue weighted by Gasteiger charge is 2.30. The minimum atomic E-state index is -0.598. The van der Waals surface area contributed by atoms with Crippen molar-refractivity contribution < 1.29 is 23.5 Å². The third-order valence-corrected chi connectivity index (χ3v) is 5.66. The van der Waals surface area contributed by atoms with E-state index in [9.17, 15) is 18.8 Å². The van der Waals surface area contributed by atoms with E-state index in [1.54, 1.807) is 26.2 Å². The average Bonchev–Trinajstić information content (AvgIpc) is 3.73. The van der Waals surface area contributed by atoms with E-state index >= 15 is 0 Å². The van der Waals surface area contributed by atoms with Crippen LogP contribution in [0.3, 0.4) is 0 Å². The molecule has 4 rings (SSSR count). The van der Waals surface area contributed by atoms with Crippen molar-refractivity contribution in [1.82, 2.24) is 25.4 Å². The van der Waals surface area contributed by atoms with Gasteiger partial charge >= 0.3 is 0 Å². The van der Waals surface area contributed by atoms with Crippen LogP contribution in [-0.4, -0.2) is 66.1 Å². The number of hydrogen-bond acceptors (Lipinski definition) is 8. The standard InChI is InChI=1S/C25H26FN7O4/c1-27-24(35)21-18(11-20(31-32-21)30-23(34)13-5-6-13)29-19-10-15(26)9-16(22(19)37-4)17-8-7-14(12-28-17)25(36)33(2)3/h7-13H,5-6H2,1-4H3,(H,27,35)(H2,29,30,31,34). The summed E-state index contributed by atoms with van der Waals surface area (Å²) in [7, 11) is 6.12. The van der Waals surface area contributed by atoms with E-state index in [1.165, 1.54) is 43.5 Å². The number of benzene rings is 1. The first kappa shape index (κ1) is 25.5. The molecule has 12 heteroatoms. The Morgan fingerprint density at radius 1 is 1.08 bits per heavy atom. The number of amides is 3. The lowest BCUT2D eigenvalue weighted by molar-refractivity contribution is -0.117. The third kappa shape index (κ3) is 5.63. The lowest BCUT2D eigenvalue weighted by Gasteiger charge is -2.17. The maximum atomic E-state index is 14.8. The van der Waals surface area contributed by atoms with Gasteiger partial charge in [0.1, 0.15) is 5.82 Å². The number of anilines is 3. The molecule has 0 spiro atoms. The Balaban J connectivity index is 1.73.